The monoisotopic (exact) mass is 861 g/mol. The number of allylic oxidation sites excluding steroid dienone is 16. The van der Waals surface area contributed by atoms with Crippen LogP contribution in [-0.2, 0) is 28.6 Å². The maximum absolute atomic E-state index is 12.7. The molecule has 0 amide bonds. The second kappa shape index (κ2) is 50.0. The average molecular weight is 861 g/mol. The summed E-state index contributed by atoms with van der Waals surface area (Å²) in [6.07, 6.45) is 65.6. The van der Waals surface area contributed by atoms with Crippen molar-refractivity contribution in [3.05, 3.63) is 97.2 Å². The highest BCUT2D eigenvalue weighted by Crippen LogP contribution is 2.12. The second-order valence-corrected chi connectivity index (χ2v) is 16.3. The molecule has 0 aliphatic carbocycles. The summed E-state index contributed by atoms with van der Waals surface area (Å²) in [7, 11) is 0. The highest BCUT2D eigenvalue weighted by atomic mass is 16.6. The number of esters is 3. The van der Waals surface area contributed by atoms with Crippen LogP contribution in [0, 0.1) is 0 Å². The third-order valence-corrected chi connectivity index (χ3v) is 10.3. The standard InChI is InChI=1S/C56H92O6/c1-4-7-10-13-16-18-20-22-23-24-25-26-27-28-29-30-31-32-33-35-36-38-40-43-46-49-55(58)61-52-53(51-60-54(57)48-45-42-15-12-9-6-3)62-56(59)50-47-44-41-39-37-34-21-19-17-14-11-8-5-2/h7,10,16,18-19,21-23,25-26,28-29,31-32,35-36,53H,4-6,8-9,11-15,17,20,24,27,30,33-34,37-52H2,1-3H3/b10-7-,18-16-,21-19-,23-22-,26-25-,29-28-,32-31-,36-35-. The van der Waals surface area contributed by atoms with E-state index in [0.29, 0.717) is 19.3 Å². The molecule has 62 heavy (non-hydrogen) atoms. The van der Waals surface area contributed by atoms with Crippen LogP contribution in [0.25, 0.3) is 0 Å². The van der Waals surface area contributed by atoms with Gasteiger partial charge in [-0.25, -0.2) is 0 Å². The summed E-state index contributed by atoms with van der Waals surface area (Å²) in [5.74, 6) is -0.951. The molecule has 1 atom stereocenters. The molecule has 0 aromatic heterocycles. The van der Waals surface area contributed by atoms with Crippen LogP contribution in [0.15, 0.2) is 97.2 Å². The number of ether oxygens (including phenoxy) is 3. The van der Waals surface area contributed by atoms with E-state index in [-0.39, 0.29) is 31.1 Å². The van der Waals surface area contributed by atoms with Crippen molar-refractivity contribution in [3.63, 3.8) is 0 Å². The van der Waals surface area contributed by atoms with Gasteiger partial charge in [-0.15, -0.1) is 0 Å². The van der Waals surface area contributed by atoms with Crippen LogP contribution in [-0.4, -0.2) is 37.2 Å². The van der Waals surface area contributed by atoms with Gasteiger partial charge in [0, 0.05) is 19.3 Å². The zero-order valence-corrected chi connectivity index (χ0v) is 40.1. The highest BCUT2D eigenvalue weighted by molar-refractivity contribution is 5.71. The lowest BCUT2D eigenvalue weighted by Gasteiger charge is -2.18. The zero-order valence-electron chi connectivity index (χ0n) is 40.1. The van der Waals surface area contributed by atoms with Crippen LogP contribution in [0.3, 0.4) is 0 Å². The number of unbranched alkanes of at least 4 members (excludes halogenated alkanes) is 17. The summed E-state index contributed by atoms with van der Waals surface area (Å²) in [6, 6.07) is 0. The molecule has 352 valence electrons. The van der Waals surface area contributed by atoms with Crippen LogP contribution in [0.4, 0.5) is 0 Å². The third-order valence-electron chi connectivity index (χ3n) is 10.3. The number of rotatable bonds is 44. The largest absolute Gasteiger partial charge is 0.462 e. The minimum atomic E-state index is -0.792. The minimum absolute atomic E-state index is 0.0925. The van der Waals surface area contributed by atoms with Gasteiger partial charge in [-0.1, -0.05) is 195 Å². The molecule has 0 saturated carbocycles. The van der Waals surface area contributed by atoms with E-state index in [2.05, 4.69) is 118 Å². The molecule has 0 aliphatic heterocycles. The summed E-state index contributed by atoms with van der Waals surface area (Å²) in [5.41, 5.74) is 0. The van der Waals surface area contributed by atoms with Gasteiger partial charge in [-0.2, -0.15) is 0 Å². The molecule has 0 heterocycles. The molecule has 0 aliphatic rings. The van der Waals surface area contributed by atoms with Crippen LogP contribution in [0.5, 0.6) is 0 Å². The fourth-order valence-corrected chi connectivity index (χ4v) is 6.53. The van der Waals surface area contributed by atoms with Crippen molar-refractivity contribution in [2.75, 3.05) is 13.2 Å². The Balaban J connectivity index is 4.28. The van der Waals surface area contributed by atoms with Gasteiger partial charge in [0.25, 0.3) is 0 Å². The van der Waals surface area contributed by atoms with Crippen LogP contribution >= 0.6 is 0 Å². The van der Waals surface area contributed by atoms with Crippen molar-refractivity contribution >= 4 is 17.9 Å². The number of hydrogen-bond donors (Lipinski definition) is 0. The Bertz CT molecular complexity index is 1260. The van der Waals surface area contributed by atoms with E-state index in [4.69, 9.17) is 14.2 Å². The lowest BCUT2D eigenvalue weighted by Crippen LogP contribution is -2.30. The van der Waals surface area contributed by atoms with E-state index in [1.807, 2.05) is 0 Å². The fraction of sp³-hybridized carbons (Fsp3) is 0.661. The third kappa shape index (κ3) is 47.4. The maximum atomic E-state index is 12.7. The van der Waals surface area contributed by atoms with Gasteiger partial charge < -0.3 is 14.2 Å². The zero-order chi connectivity index (χ0) is 45.1. The molecule has 0 spiro atoms. The van der Waals surface area contributed by atoms with E-state index >= 15 is 0 Å². The van der Waals surface area contributed by atoms with Gasteiger partial charge >= 0.3 is 17.9 Å². The molecule has 0 fully saturated rings. The lowest BCUT2D eigenvalue weighted by molar-refractivity contribution is -0.167. The molecule has 0 radical (unpaired) electrons. The van der Waals surface area contributed by atoms with Crippen molar-refractivity contribution in [3.8, 4) is 0 Å². The molecule has 0 saturated heterocycles. The summed E-state index contributed by atoms with van der Waals surface area (Å²) in [5, 5.41) is 0. The number of carbonyl (C=O) groups excluding carboxylic acids is 3. The molecule has 6 heteroatoms. The van der Waals surface area contributed by atoms with Crippen molar-refractivity contribution in [1.29, 1.82) is 0 Å². The SMILES string of the molecule is CC/C=C\C/C=C\C/C=C\C/C=C\C/C=C\C/C=C\C/C=C\CCCCCC(=O)OCC(COC(=O)CCCCCCCC)OC(=O)CCCCCCC/C=C\CCCCCC. The van der Waals surface area contributed by atoms with Crippen LogP contribution in [0.1, 0.15) is 220 Å². The molecule has 0 N–H and O–H groups in total. The molecule has 0 bridgehead atoms. The highest BCUT2D eigenvalue weighted by Gasteiger charge is 2.19. The van der Waals surface area contributed by atoms with Gasteiger partial charge in [-0.3, -0.25) is 14.4 Å². The first-order valence-electron chi connectivity index (χ1n) is 25.2. The minimum Gasteiger partial charge on any atom is -0.462 e. The van der Waals surface area contributed by atoms with Gasteiger partial charge in [0.05, 0.1) is 0 Å². The van der Waals surface area contributed by atoms with Gasteiger partial charge in [-0.05, 0) is 103 Å². The van der Waals surface area contributed by atoms with E-state index in [1.54, 1.807) is 0 Å². The number of carbonyl (C=O) groups is 3. The number of hydrogen-bond acceptors (Lipinski definition) is 6. The van der Waals surface area contributed by atoms with E-state index < -0.39 is 6.10 Å². The molecule has 0 aromatic carbocycles. The Morgan fingerprint density at radius 3 is 1.03 bits per heavy atom. The van der Waals surface area contributed by atoms with E-state index in [0.717, 1.165) is 122 Å². The Hall–Kier alpha value is -3.67. The van der Waals surface area contributed by atoms with Crippen molar-refractivity contribution in [2.45, 2.75) is 226 Å². The summed E-state index contributed by atoms with van der Waals surface area (Å²) in [4.78, 5) is 37.7. The normalized spacial score (nSPS) is 12.9. The Labute approximate surface area is 381 Å². The first kappa shape index (κ1) is 58.3. The first-order chi connectivity index (χ1) is 30.5. The van der Waals surface area contributed by atoms with Crippen molar-refractivity contribution in [2.24, 2.45) is 0 Å². The average Bonchev–Trinajstić information content (AvgIpc) is 3.27. The van der Waals surface area contributed by atoms with Crippen molar-refractivity contribution < 1.29 is 28.6 Å². The lowest BCUT2D eigenvalue weighted by atomic mass is 10.1. The molecule has 6 nitrogen and oxygen atoms in total. The second-order valence-electron chi connectivity index (χ2n) is 16.3. The van der Waals surface area contributed by atoms with Gasteiger partial charge in [0.1, 0.15) is 13.2 Å². The van der Waals surface area contributed by atoms with Crippen LogP contribution in [0.2, 0.25) is 0 Å². The van der Waals surface area contributed by atoms with E-state index in [1.165, 1.54) is 57.8 Å². The fourth-order valence-electron chi connectivity index (χ4n) is 6.53. The summed E-state index contributed by atoms with van der Waals surface area (Å²) in [6.45, 7) is 6.39. The predicted molar refractivity (Wildman–Crippen MR) is 265 cm³/mol. The Morgan fingerprint density at radius 1 is 0.339 bits per heavy atom. The molecular weight excluding hydrogens is 769 g/mol. The molecular formula is C56H92O6. The Morgan fingerprint density at radius 2 is 0.629 bits per heavy atom. The smallest absolute Gasteiger partial charge is 0.306 e. The summed E-state index contributed by atoms with van der Waals surface area (Å²) < 4.78 is 16.6. The maximum Gasteiger partial charge on any atom is 0.306 e. The molecule has 1 unspecified atom stereocenters. The van der Waals surface area contributed by atoms with Gasteiger partial charge in [0.15, 0.2) is 6.10 Å². The predicted octanol–water partition coefficient (Wildman–Crippen LogP) is 16.6. The summed E-state index contributed by atoms with van der Waals surface area (Å²) >= 11 is 0. The quantitative estimate of drug-likeness (QED) is 0.0263. The van der Waals surface area contributed by atoms with Gasteiger partial charge in [0.2, 0.25) is 0 Å². The topological polar surface area (TPSA) is 78.9 Å². The molecule has 0 aromatic rings. The first-order valence-corrected chi connectivity index (χ1v) is 25.2. The van der Waals surface area contributed by atoms with Crippen molar-refractivity contribution in [1.82, 2.24) is 0 Å². The van der Waals surface area contributed by atoms with E-state index in [9.17, 15) is 14.4 Å². The Kier molecular flexibility index (Phi) is 47.0. The van der Waals surface area contributed by atoms with Crippen LogP contribution < -0.4 is 0 Å². The molecule has 0 rings (SSSR count).